The minimum Gasteiger partial charge on any atom is -0.267 e. The van der Waals surface area contributed by atoms with Gasteiger partial charge in [-0.15, -0.1) is 0 Å². The number of H-pyrrole nitrogens is 1. The summed E-state index contributed by atoms with van der Waals surface area (Å²) in [5.74, 6) is 0. The predicted octanol–water partition coefficient (Wildman–Crippen LogP) is 3.40. The third-order valence-electron chi connectivity index (χ3n) is 2.00. The van der Waals surface area contributed by atoms with Crippen LogP contribution in [0.4, 0.5) is 0 Å². The first-order valence-corrected chi connectivity index (χ1v) is 5.42. The molecule has 82 valence electrons. The largest absolute Gasteiger partial charge is 0.272 e. The first-order valence-electron chi connectivity index (χ1n) is 4.28. The average molecular weight is 276 g/mol. The summed E-state index contributed by atoms with van der Waals surface area (Å²) >= 11 is 17.3. The van der Waals surface area contributed by atoms with E-state index >= 15 is 0 Å². The summed E-state index contributed by atoms with van der Waals surface area (Å²) in [5, 5.41) is 6.88. The van der Waals surface area contributed by atoms with Crippen molar-refractivity contribution in [1.82, 2.24) is 10.2 Å². The van der Waals surface area contributed by atoms with Gasteiger partial charge in [0.05, 0.1) is 15.6 Å². The van der Waals surface area contributed by atoms with Crippen LogP contribution in [0.15, 0.2) is 29.1 Å². The highest BCUT2D eigenvalue weighted by atomic mass is 35.5. The molecule has 0 unspecified atom stereocenters. The third-order valence-corrected chi connectivity index (χ3v) is 2.94. The molecule has 0 aliphatic heterocycles. The molecule has 0 aliphatic rings. The zero-order chi connectivity index (χ0) is 11.7. The van der Waals surface area contributed by atoms with Crippen molar-refractivity contribution < 1.29 is 0 Å². The molecule has 0 saturated heterocycles. The van der Waals surface area contributed by atoms with Crippen molar-refractivity contribution in [3.8, 4) is 11.1 Å². The number of aromatic nitrogens is 2. The van der Waals surface area contributed by atoms with E-state index in [0.29, 0.717) is 21.2 Å². The fraction of sp³-hybridized carbons (Fsp3) is 0. The number of aromatic amines is 1. The van der Waals surface area contributed by atoms with Crippen molar-refractivity contribution in [3.63, 3.8) is 0 Å². The van der Waals surface area contributed by atoms with Crippen molar-refractivity contribution >= 4 is 34.8 Å². The highest BCUT2D eigenvalue weighted by molar-refractivity contribution is 6.42. The number of halogens is 3. The zero-order valence-electron chi connectivity index (χ0n) is 7.80. The highest BCUT2D eigenvalue weighted by Gasteiger charge is 2.07. The van der Waals surface area contributed by atoms with Gasteiger partial charge in [-0.25, -0.2) is 5.10 Å². The normalized spacial score (nSPS) is 10.4. The van der Waals surface area contributed by atoms with Crippen LogP contribution in [-0.2, 0) is 0 Å². The van der Waals surface area contributed by atoms with Gasteiger partial charge in [-0.3, -0.25) is 4.79 Å². The van der Waals surface area contributed by atoms with Gasteiger partial charge < -0.3 is 0 Å². The summed E-state index contributed by atoms with van der Waals surface area (Å²) in [7, 11) is 0. The van der Waals surface area contributed by atoms with Crippen LogP contribution in [0.3, 0.4) is 0 Å². The van der Waals surface area contributed by atoms with Crippen LogP contribution in [0.1, 0.15) is 0 Å². The summed E-state index contributed by atoms with van der Waals surface area (Å²) in [4.78, 5) is 11.5. The number of nitrogens with zero attached hydrogens (tertiary/aromatic N) is 1. The molecule has 1 aromatic heterocycles. The summed E-state index contributed by atoms with van der Waals surface area (Å²) in [6, 6.07) is 6.38. The lowest BCUT2D eigenvalue weighted by atomic mass is 10.1. The van der Waals surface area contributed by atoms with Gasteiger partial charge in [0.2, 0.25) is 0 Å². The maximum Gasteiger partial charge on any atom is 0.272 e. The second-order valence-corrected chi connectivity index (χ2v) is 4.26. The van der Waals surface area contributed by atoms with Gasteiger partial charge >= 0.3 is 0 Å². The Labute approximate surface area is 106 Å². The Morgan fingerprint density at radius 1 is 1.06 bits per heavy atom. The van der Waals surface area contributed by atoms with Crippen LogP contribution >= 0.6 is 34.8 Å². The summed E-state index contributed by atoms with van der Waals surface area (Å²) in [5.41, 5.74) is 0.710. The molecule has 0 atom stereocenters. The maximum atomic E-state index is 11.5. The lowest BCUT2D eigenvalue weighted by Gasteiger charge is -2.02. The first kappa shape index (κ1) is 11.5. The monoisotopic (exact) mass is 274 g/mol. The molecule has 0 aliphatic carbocycles. The molecule has 0 bridgehead atoms. The van der Waals surface area contributed by atoms with Crippen LogP contribution in [-0.4, -0.2) is 10.2 Å². The molecule has 2 rings (SSSR count). The van der Waals surface area contributed by atoms with Crippen LogP contribution in [0.25, 0.3) is 11.1 Å². The molecule has 0 radical (unpaired) electrons. The van der Waals surface area contributed by atoms with Gasteiger partial charge in [0.1, 0.15) is 5.15 Å². The van der Waals surface area contributed by atoms with Gasteiger partial charge in [0, 0.05) is 0 Å². The van der Waals surface area contributed by atoms with E-state index < -0.39 is 0 Å². The van der Waals surface area contributed by atoms with Crippen LogP contribution in [0, 0.1) is 0 Å². The van der Waals surface area contributed by atoms with Crippen LogP contribution in [0.5, 0.6) is 0 Å². The zero-order valence-corrected chi connectivity index (χ0v) is 10.1. The molecule has 16 heavy (non-hydrogen) atoms. The molecule has 6 heteroatoms. The minimum atomic E-state index is -0.331. The average Bonchev–Trinajstić information content (AvgIpc) is 2.26. The standard InChI is InChI=1S/C10H5Cl3N2O/c11-7-2-1-5(3-8(7)12)6-4-9(13)14-15-10(6)16/h1-4H,(H,15,16). The number of rotatable bonds is 1. The number of hydrogen-bond acceptors (Lipinski definition) is 2. The molecule has 2 aromatic rings. The molecule has 1 heterocycles. The Morgan fingerprint density at radius 2 is 1.81 bits per heavy atom. The van der Waals surface area contributed by atoms with Crippen molar-refractivity contribution in [2.45, 2.75) is 0 Å². The highest BCUT2D eigenvalue weighted by Crippen LogP contribution is 2.27. The number of hydrogen-bond donors (Lipinski definition) is 1. The van der Waals surface area contributed by atoms with Gasteiger partial charge in [0.15, 0.2) is 0 Å². The molecule has 1 aromatic carbocycles. The number of nitrogens with one attached hydrogen (secondary N) is 1. The minimum absolute atomic E-state index is 0.209. The first-order chi connectivity index (χ1) is 7.58. The second-order valence-electron chi connectivity index (χ2n) is 3.06. The third kappa shape index (κ3) is 2.21. The Hall–Kier alpha value is -1.03. The molecule has 0 saturated carbocycles. The van der Waals surface area contributed by atoms with Crippen LogP contribution < -0.4 is 5.56 Å². The maximum absolute atomic E-state index is 11.5. The van der Waals surface area contributed by atoms with E-state index in [1.54, 1.807) is 18.2 Å². The van der Waals surface area contributed by atoms with E-state index in [0.717, 1.165) is 0 Å². The van der Waals surface area contributed by atoms with Crippen molar-refractivity contribution in [3.05, 3.63) is 49.8 Å². The molecule has 1 N–H and O–H groups in total. The fourth-order valence-electron chi connectivity index (χ4n) is 1.26. The van der Waals surface area contributed by atoms with Gasteiger partial charge in [-0.05, 0) is 23.8 Å². The van der Waals surface area contributed by atoms with Gasteiger partial charge in [-0.2, -0.15) is 5.10 Å². The summed E-state index contributed by atoms with van der Waals surface area (Å²) in [6.07, 6.45) is 0. The van der Waals surface area contributed by atoms with E-state index in [1.165, 1.54) is 6.07 Å². The second kappa shape index (κ2) is 4.45. The summed E-state index contributed by atoms with van der Waals surface area (Å²) < 4.78 is 0. The molecule has 0 spiro atoms. The molecule has 0 fully saturated rings. The van der Waals surface area contributed by atoms with Crippen molar-refractivity contribution in [1.29, 1.82) is 0 Å². The van der Waals surface area contributed by atoms with Gasteiger partial charge in [-0.1, -0.05) is 40.9 Å². The van der Waals surface area contributed by atoms with E-state index in [4.69, 9.17) is 34.8 Å². The Morgan fingerprint density at radius 3 is 2.50 bits per heavy atom. The molecule has 3 nitrogen and oxygen atoms in total. The Balaban J connectivity index is 2.63. The molecular formula is C10H5Cl3N2O. The molecule has 0 amide bonds. The SMILES string of the molecule is O=c1[nH]nc(Cl)cc1-c1ccc(Cl)c(Cl)c1. The van der Waals surface area contributed by atoms with E-state index in [2.05, 4.69) is 10.2 Å². The quantitative estimate of drug-likeness (QED) is 0.867. The van der Waals surface area contributed by atoms with Crippen molar-refractivity contribution in [2.75, 3.05) is 0 Å². The lowest BCUT2D eigenvalue weighted by molar-refractivity contribution is 0.992. The van der Waals surface area contributed by atoms with E-state index in [-0.39, 0.29) is 10.7 Å². The van der Waals surface area contributed by atoms with E-state index in [9.17, 15) is 4.79 Å². The predicted molar refractivity (Wildman–Crippen MR) is 65.3 cm³/mol. The van der Waals surface area contributed by atoms with Gasteiger partial charge in [0.25, 0.3) is 5.56 Å². The number of benzene rings is 1. The van der Waals surface area contributed by atoms with E-state index in [1.807, 2.05) is 0 Å². The Kier molecular flexibility index (Phi) is 3.19. The van der Waals surface area contributed by atoms with Crippen LogP contribution in [0.2, 0.25) is 15.2 Å². The topological polar surface area (TPSA) is 45.8 Å². The van der Waals surface area contributed by atoms with Crippen molar-refractivity contribution in [2.24, 2.45) is 0 Å². The summed E-state index contributed by atoms with van der Waals surface area (Å²) in [6.45, 7) is 0. The lowest BCUT2D eigenvalue weighted by Crippen LogP contribution is -2.10. The fourth-order valence-corrected chi connectivity index (χ4v) is 1.71. The molecular weight excluding hydrogens is 270 g/mol. The smallest absolute Gasteiger partial charge is 0.267 e. The Bertz CT molecular complexity index is 595.